The van der Waals surface area contributed by atoms with Gasteiger partial charge in [0.25, 0.3) is 0 Å². The van der Waals surface area contributed by atoms with Crippen molar-refractivity contribution in [3.8, 4) is 0 Å². The van der Waals surface area contributed by atoms with Crippen molar-refractivity contribution in [3.05, 3.63) is 35.4 Å². The van der Waals surface area contributed by atoms with E-state index >= 15 is 0 Å². The standard InChI is InChI=1S/C20H37N2O.BrH/c1-16-11-13-17(14-12-16)18(23-21)10-9-15-22(8,19(2,3)4)20(5,6)7;/h11-14,18H,9-10,15,21H2,1-8H3;1H/q+1;/p-1. The highest BCUT2D eigenvalue weighted by Crippen LogP contribution is 2.34. The Kier molecular flexibility index (Phi) is 8.64. The first-order chi connectivity index (χ1) is 10.4. The predicted octanol–water partition coefficient (Wildman–Crippen LogP) is 1.75. The van der Waals surface area contributed by atoms with Crippen LogP contribution in [0.5, 0.6) is 0 Å². The molecular weight excluding hydrogens is 364 g/mol. The lowest BCUT2D eigenvalue weighted by Crippen LogP contribution is -3.00. The molecule has 1 aromatic carbocycles. The summed E-state index contributed by atoms with van der Waals surface area (Å²) in [5.74, 6) is 5.56. The zero-order valence-electron chi connectivity index (χ0n) is 16.8. The van der Waals surface area contributed by atoms with Gasteiger partial charge in [-0.15, -0.1) is 0 Å². The maximum atomic E-state index is 5.56. The molecule has 0 saturated heterocycles. The highest BCUT2D eigenvalue weighted by Gasteiger charge is 2.45. The fourth-order valence-corrected chi connectivity index (χ4v) is 3.36. The van der Waals surface area contributed by atoms with Crippen LogP contribution in [0.2, 0.25) is 0 Å². The molecule has 0 fully saturated rings. The summed E-state index contributed by atoms with van der Waals surface area (Å²) in [6.45, 7) is 17.2. The average Bonchev–Trinajstić information content (AvgIpc) is 2.42. The van der Waals surface area contributed by atoms with E-state index in [4.69, 9.17) is 10.7 Å². The summed E-state index contributed by atoms with van der Waals surface area (Å²) < 4.78 is 1.02. The summed E-state index contributed by atoms with van der Waals surface area (Å²) >= 11 is 0. The van der Waals surface area contributed by atoms with E-state index < -0.39 is 0 Å². The molecule has 0 aliphatic carbocycles. The minimum atomic E-state index is -0.0241. The van der Waals surface area contributed by atoms with Gasteiger partial charge in [0.2, 0.25) is 0 Å². The van der Waals surface area contributed by atoms with Crippen LogP contribution in [0.25, 0.3) is 0 Å². The summed E-state index contributed by atoms with van der Waals surface area (Å²) in [7, 11) is 2.37. The van der Waals surface area contributed by atoms with E-state index in [-0.39, 0.29) is 34.2 Å². The molecule has 4 heteroatoms. The molecule has 24 heavy (non-hydrogen) atoms. The Hall–Kier alpha value is -0.420. The van der Waals surface area contributed by atoms with Gasteiger partial charge in [-0.05, 0) is 66.9 Å². The summed E-state index contributed by atoms with van der Waals surface area (Å²) in [5, 5.41) is 0. The summed E-state index contributed by atoms with van der Waals surface area (Å²) in [4.78, 5) is 5.26. The Morgan fingerprint density at radius 3 is 1.83 bits per heavy atom. The van der Waals surface area contributed by atoms with Crippen molar-refractivity contribution in [1.82, 2.24) is 0 Å². The maximum Gasteiger partial charge on any atom is 0.104 e. The van der Waals surface area contributed by atoms with Gasteiger partial charge >= 0.3 is 0 Å². The van der Waals surface area contributed by atoms with E-state index in [1.165, 1.54) is 11.1 Å². The molecule has 3 nitrogen and oxygen atoms in total. The van der Waals surface area contributed by atoms with E-state index in [0.29, 0.717) is 0 Å². The Bertz CT molecular complexity index is 472. The molecule has 140 valence electrons. The Morgan fingerprint density at radius 2 is 1.46 bits per heavy atom. The molecule has 0 spiro atoms. The number of hydrogen-bond acceptors (Lipinski definition) is 2. The molecule has 1 atom stereocenters. The van der Waals surface area contributed by atoms with Crippen LogP contribution in [-0.4, -0.2) is 29.2 Å². The van der Waals surface area contributed by atoms with E-state index in [1.807, 2.05) is 0 Å². The first kappa shape index (κ1) is 23.6. The number of aryl methyl sites for hydroxylation is 1. The molecule has 0 bridgehead atoms. The molecule has 2 N–H and O–H groups in total. The van der Waals surface area contributed by atoms with Gasteiger partial charge in [-0.25, -0.2) is 5.90 Å². The molecule has 0 saturated carbocycles. The van der Waals surface area contributed by atoms with Crippen LogP contribution in [0, 0.1) is 6.92 Å². The van der Waals surface area contributed by atoms with E-state index in [2.05, 4.69) is 79.8 Å². The second-order valence-corrected chi connectivity index (χ2v) is 8.93. The van der Waals surface area contributed by atoms with Gasteiger partial charge in [-0.2, -0.15) is 0 Å². The number of nitrogens with two attached hydrogens (primary N) is 1. The molecule has 0 aromatic heterocycles. The number of nitrogens with zero attached hydrogens (tertiary/aromatic N) is 1. The molecular formula is C20H37BrN2O. The molecule has 0 aliphatic rings. The van der Waals surface area contributed by atoms with Crippen molar-refractivity contribution in [2.45, 2.75) is 78.5 Å². The third kappa shape index (κ3) is 5.55. The zero-order chi connectivity index (χ0) is 17.9. The zero-order valence-corrected chi connectivity index (χ0v) is 18.4. The van der Waals surface area contributed by atoms with Crippen molar-refractivity contribution < 1.29 is 26.3 Å². The maximum absolute atomic E-state index is 5.56. The normalized spacial score (nSPS) is 14.2. The Morgan fingerprint density at radius 1 is 1.00 bits per heavy atom. The molecule has 0 aliphatic heterocycles. The van der Waals surface area contributed by atoms with E-state index in [0.717, 1.165) is 23.9 Å². The monoisotopic (exact) mass is 400 g/mol. The SMILES string of the molecule is Cc1ccc(C(CCC[N+](C)(C(C)(C)C)C(C)(C)C)ON)cc1.[Br-]. The first-order valence-electron chi connectivity index (χ1n) is 8.70. The second kappa shape index (κ2) is 8.79. The Balaban J connectivity index is 0.00000529. The number of hydrogen-bond donors (Lipinski definition) is 1. The first-order valence-corrected chi connectivity index (χ1v) is 8.70. The van der Waals surface area contributed by atoms with Crippen LogP contribution in [0.3, 0.4) is 0 Å². The average molecular weight is 401 g/mol. The minimum absolute atomic E-state index is 0. The molecule has 0 heterocycles. The van der Waals surface area contributed by atoms with Crippen molar-refractivity contribution in [1.29, 1.82) is 0 Å². The summed E-state index contributed by atoms with van der Waals surface area (Å²) in [5.41, 5.74) is 2.82. The molecule has 0 radical (unpaired) electrons. The van der Waals surface area contributed by atoms with Gasteiger partial charge in [0.05, 0.1) is 24.7 Å². The smallest absolute Gasteiger partial charge is 0.104 e. The van der Waals surface area contributed by atoms with E-state index in [1.54, 1.807) is 0 Å². The summed E-state index contributed by atoms with van der Waals surface area (Å²) in [6, 6.07) is 8.47. The van der Waals surface area contributed by atoms with Gasteiger partial charge in [0.15, 0.2) is 0 Å². The highest BCUT2D eigenvalue weighted by atomic mass is 79.9. The van der Waals surface area contributed by atoms with Crippen molar-refractivity contribution in [3.63, 3.8) is 0 Å². The van der Waals surface area contributed by atoms with Crippen LogP contribution >= 0.6 is 0 Å². The Labute approximate surface area is 159 Å². The third-order valence-corrected chi connectivity index (χ3v) is 5.65. The fourth-order valence-electron chi connectivity index (χ4n) is 3.36. The van der Waals surface area contributed by atoms with Crippen molar-refractivity contribution in [2.24, 2.45) is 5.90 Å². The molecule has 0 amide bonds. The largest absolute Gasteiger partial charge is 1.00 e. The van der Waals surface area contributed by atoms with Gasteiger partial charge in [-0.3, -0.25) is 4.84 Å². The quantitative estimate of drug-likeness (QED) is 0.583. The molecule has 1 rings (SSSR count). The van der Waals surface area contributed by atoms with Crippen LogP contribution in [-0.2, 0) is 4.84 Å². The van der Waals surface area contributed by atoms with Crippen molar-refractivity contribution in [2.75, 3.05) is 13.6 Å². The van der Waals surface area contributed by atoms with Crippen molar-refractivity contribution >= 4 is 0 Å². The number of halogens is 1. The topological polar surface area (TPSA) is 35.2 Å². The third-order valence-electron chi connectivity index (χ3n) is 5.65. The van der Waals surface area contributed by atoms with Gasteiger partial charge in [0, 0.05) is 0 Å². The van der Waals surface area contributed by atoms with Gasteiger partial charge in [-0.1, -0.05) is 29.8 Å². The summed E-state index contributed by atoms with van der Waals surface area (Å²) in [6.07, 6.45) is 2.00. The predicted molar refractivity (Wildman–Crippen MR) is 99.0 cm³/mol. The van der Waals surface area contributed by atoms with E-state index in [9.17, 15) is 0 Å². The van der Waals surface area contributed by atoms with Crippen LogP contribution in [0.1, 0.15) is 71.6 Å². The molecule has 1 unspecified atom stereocenters. The van der Waals surface area contributed by atoms with Crippen LogP contribution < -0.4 is 22.9 Å². The second-order valence-electron chi connectivity index (χ2n) is 8.93. The van der Waals surface area contributed by atoms with Gasteiger partial charge in [0.1, 0.15) is 6.10 Å². The molecule has 1 aromatic rings. The van der Waals surface area contributed by atoms with Crippen LogP contribution in [0.4, 0.5) is 0 Å². The minimum Gasteiger partial charge on any atom is -1.00 e. The lowest BCUT2D eigenvalue weighted by Gasteiger charge is -2.54. The fraction of sp³-hybridized carbons (Fsp3) is 0.700. The van der Waals surface area contributed by atoms with Crippen LogP contribution in [0.15, 0.2) is 24.3 Å². The number of benzene rings is 1. The van der Waals surface area contributed by atoms with Gasteiger partial charge < -0.3 is 21.5 Å². The number of rotatable bonds is 6. The lowest BCUT2D eigenvalue weighted by molar-refractivity contribution is -0.994. The highest BCUT2D eigenvalue weighted by molar-refractivity contribution is 5.23. The lowest BCUT2D eigenvalue weighted by atomic mass is 9.90. The number of quaternary nitrogens is 1.